The second kappa shape index (κ2) is 21.1. The predicted molar refractivity (Wildman–Crippen MR) is 202 cm³/mol. The van der Waals surface area contributed by atoms with Gasteiger partial charge in [-0.3, -0.25) is 24.1 Å². The van der Waals surface area contributed by atoms with Crippen molar-refractivity contribution in [3.63, 3.8) is 0 Å². The van der Waals surface area contributed by atoms with E-state index >= 15 is 0 Å². The number of hydrogen-bond donors (Lipinski definition) is 3. The number of rotatable bonds is 20. The number of likely N-dealkylation sites (tertiary alicyclic amines) is 1. The maximum absolute atomic E-state index is 14.1. The van der Waals surface area contributed by atoms with E-state index in [9.17, 15) is 19.2 Å². The minimum absolute atomic E-state index is 0.0166. The van der Waals surface area contributed by atoms with Crippen LogP contribution in [0.3, 0.4) is 0 Å². The van der Waals surface area contributed by atoms with Crippen molar-refractivity contribution in [2.75, 3.05) is 48.5 Å². The number of carbonyl (C=O) groups is 4. The molecular weight excluding hydrogens is 672 g/mol. The zero-order valence-electron chi connectivity index (χ0n) is 32.8. The summed E-state index contributed by atoms with van der Waals surface area (Å²) in [6.07, 6.45) is 1.78. The Hall–Kier alpha value is -2.77. The molecule has 13 heteroatoms. The van der Waals surface area contributed by atoms with E-state index in [2.05, 4.69) is 10.6 Å². The van der Waals surface area contributed by atoms with E-state index in [1.165, 1.54) is 0 Å². The molecule has 0 unspecified atom stereocenters. The number of halogens is 1. The Kier molecular flexibility index (Phi) is 18.3. The van der Waals surface area contributed by atoms with Crippen LogP contribution in [0, 0.1) is 17.8 Å². The van der Waals surface area contributed by atoms with E-state index < -0.39 is 42.3 Å². The zero-order valence-corrected chi connectivity index (χ0v) is 33.5. The first-order chi connectivity index (χ1) is 24.0. The molecule has 4 N–H and O–H groups in total. The monoisotopic (exact) mass is 736 g/mol. The van der Waals surface area contributed by atoms with Crippen molar-refractivity contribution in [1.82, 2.24) is 25.3 Å². The maximum Gasteiger partial charge on any atom is 0.246 e. The number of nitrogens with two attached hydrogens (primary N) is 1. The van der Waals surface area contributed by atoms with E-state index in [0.29, 0.717) is 31.0 Å². The molecule has 9 atom stereocenters. The average Bonchev–Trinajstić information content (AvgIpc) is 3.56. The molecule has 1 fully saturated rings. The minimum atomic E-state index is -0.965. The molecule has 290 valence electrons. The van der Waals surface area contributed by atoms with Crippen LogP contribution in [0.1, 0.15) is 72.8 Å². The van der Waals surface area contributed by atoms with Gasteiger partial charge in [0.2, 0.25) is 23.6 Å². The Morgan fingerprint density at radius 3 is 2.14 bits per heavy atom. The molecule has 1 aromatic rings. The molecule has 1 aromatic carbocycles. The Balaban J connectivity index is 2.21. The summed E-state index contributed by atoms with van der Waals surface area (Å²) < 4.78 is 11.9. The van der Waals surface area contributed by atoms with E-state index in [-0.39, 0.29) is 47.9 Å². The van der Waals surface area contributed by atoms with Gasteiger partial charge >= 0.3 is 0 Å². The van der Waals surface area contributed by atoms with E-state index in [1.807, 2.05) is 82.8 Å². The molecule has 1 saturated heterocycles. The van der Waals surface area contributed by atoms with E-state index in [4.69, 9.17) is 26.8 Å². The van der Waals surface area contributed by atoms with Gasteiger partial charge in [0, 0.05) is 45.4 Å². The highest BCUT2D eigenvalue weighted by Gasteiger charge is 2.43. The molecule has 51 heavy (non-hydrogen) atoms. The van der Waals surface area contributed by atoms with Crippen molar-refractivity contribution in [3.8, 4) is 0 Å². The van der Waals surface area contributed by atoms with Gasteiger partial charge in [-0.1, -0.05) is 64.8 Å². The summed E-state index contributed by atoms with van der Waals surface area (Å²) in [5.74, 6) is -1.39. The van der Waals surface area contributed by atoms with E-state index in [0.717, 1.165) is 18.4 Å². The van der Waals surface area contributed by atoms with Crippen LogP contribution in [0.4, 0.5) is 0 Å². The Morgan fingerprint density at radius 1 is 1.00 bits per heavy atom. The summed E-state index contributed by atoms with van der Waals surface area (Å²) in [6.45, 7) is 12.5. The molecule has 0 aromatic heterocycles. The highest BCUT2D eigenvalue weighted by atomic mass is 35.5. The molecule has 1 aliphatic heterocycles. The third-order valence-electron chi connectivity index (χ3n) is 10.4. The van der Waals surface area contributed by atoms with Crippen LogP contribution in [0.5, 0.6) is 0 Å². The Morgan fingerprint density at radius 2 is 1.63 bits per heavy atom. The van der Waals surface area contributed by atoms with Crippen molar-refractivity contribution in [2.24, 2.45) is 23.5 Å². The van der Waals surface area contributed by atoms with Crippen LogP contribution in [-0.2, 0) is 35.1 Å². The molecule has 0 spiro atoms. The maximum atomic E-state index is 14.1. The molecule has 0 aliphatic carbocycles. The number of methoxy groups -OCH3 is 2. The first-order valence-corrected chi connectivity index (χ1v) is 18.7. The molecule has 0 radical (unpaired) electrons. The standard InChI is InChI=1S/C38H65ClN6O6/c1-12-24(4)34(44(9)38(49)32(26(6)40)42-37(48)33(23(2)3)43(7)8)30(50-10)22-31(46)45-21-13-14-29(45)35(51-11)25(5)36(47)41-20-19-27-15-17-28(39)18-16-27/h15-18,23-26,29-30,32-35H,12-14,19-22,40H2,1-11H3,(H,41,47)(H,42,48)/t24-,25+,26-,29-,30+,32+,33-,34-,35+/m0/s1. The fourth-order valence-corrected chi connectivity index (χ4v) is 7.58. The van der Waals surface area contributed by atoms with Crippen molar-refractivity contribution >= 4 is 35.2 Å². The zero-order chi connectivity index (χ0) is 38.6. The minimum Gasteiger partial charge on any atom is -0.379 e. The topological polar surface area (TPSA) is 147 Å². The molecule has 0 saturated carbocycles. The quantitative estimate of drug-likeness (QED) is 0.185. The van der Waals surface area contributed by atoms with Crippen molar-refractivity contribution in [1.29, 1.82) is 0 Å². The first kappa shape index (κ1) is 44.4. The van der Waals surface area contributed by atoms with Crippen LogP contribution >= 0.6 is 11.6 Å². The van der Waals surface area contributed by atoms with Crippen molar-refractivity contribution < 1.29 is 28.7 Å². The highest BCUT2D eigenvalue weighted by molar-refractivity contribution is 6.30. The summed E-state index contributed by atoms with van der Waals surface area (Å²) >= 11 is 5.99. The first-order valence-electron chi connectivity index (χ1n) is 18.4. The fraction of sp³-hybridized carbons (Fsp3) is 0.737. The second-order valence-corrected chi connectivity index (χ2v) is 15.2. The fourth-order valence-electron chi connectivity index (χ4n) is 7.46. The largest absolute Gasteiger partial charge is 0.379 e. The normalized spacial score (nSPS) is 19.5. The number of ether oxygens (including phenoxy) is 2. The van der Waals surface area contributed by atoms with Gasteiger partial charge in [-0.2, -0.15) is 0 Å². The lowest BCUT2D eigenvalue weighted by Gasteiger charge is -2.41. The van der Waals surface area contributed by atoms with Gasteiger partial charge in [0.05, 0.1) is 42.7 Å². The summed E-state index contributed by atoms with van der Waals surface area (Å²) in [5, 5.41) is 6.60. The van der Waals surface area contributed by atoms with E-state index in [1.54, 1.807) is 33.1 Å². The molecule has 1 aliphatic rings. The summed E-state index contributed by atoms with van der Waals surface area (Å²) in [5.41, 5.74) is 7.38. The van der Waals surface area contributed by atoms with Gasteiger partial charge in [-0.25, -0.2) is 0 Å². The van der Waals surface area contributed by atoms with Gasteiger partial charge in [0.15, 0.2) is 0 Å². The number of benzene rings is 1. The molecule has 1 heterocycles. The van der Waals surface area contributed by atoms with Crippen molar-refractivity contribution in [2.45, 2.75) is 116 Å². The highest BCUT2D eigenvalue weighted by Crippen LogP contribution is 2.29. The molecule has 0 bridgehead atoms. The number of amides is 4. The molecular formula is C38H65ClN6O6. The predicted octanol–water partition coefficient (Wildman–Crippen LogP) is 3.34. The second-order valence-electron chi connectivity index (χ2n) is 14.8. The lowest BCUT2D eigenvalue weighted by Crippen LogP contribution is -2.62. The lowest BCUT2D eigenvalue weighted by molar-refractivity contribution is -0.147. The third-order valence-corrected chi connectivity index (χ3v) is 10.7. The average molecular weight is 737 g/mol. The van der Waals surface area contributed by atoms with Crippen LogP contribution < -0.4 is 16.4 Å². The van der Waals surface area contributed by atoms with Gasteiger partial charge < -0.3 is 35.6 Å². The Bertz CT molecular complexity index is 1260. The van der Waals surface area contributed by atoms with Gasteiger partial charge in [-0.15, -0.1) is 0 Å². The number of nitrogens with zero attached hydrogens (tertiary/aromatic N) is 3. The summed E-state index contributed by atoms with van der Waals surface area (Å²) in [4.78, 5) is 60.0. The summed E-state index contributed by atoms with van der Waals surface area (Å²) in [6, 6.07) is 4.70. The van der Waals surface area contributed by atoms with Gasteiger partial charge in [-0.05, 0) is 69.8 Å². The number of carbonyl (C=O) groups excluding carboxylic acids is 4. The molecule has 12 nitrogen and oxygen atoms in total. The summed E-state index contributed by atoms with van der Waals surface area (Å²) in [7, 11) is 8.48. The number of likely N-dealkylation sites (N-methyl/N-ethyl adjacent to an activating group) is 2. The van der Waals surface area contributed by atoms with Crippen LogP contribution in [0.2, 0.25) is 5.02 Å². The third kappa shape index (κ3) is 12.1. The molecule has 2 rings (SSSR count). The smallest absolute Gasteiger partial charge is 0.246 e. The van der Waals surface area contributed by atoms with Crippen LogP contribution in [0.25, 0.3) is 0 Å². The van der Waals surface area contributed by atoms with Crippen molar-refractivity contribution in [3.05, 3.63) is 34.9 Å². The van der Waals surface area contributed by atoms with Crippen LogP contribution in [0.15, 0.2) is 24.3 Å². The van der Waals surface area contributed by atoms with Crippen LogP contribution in [-0.4, -0.2) is 129 Å². The SMILES string of the molecule is CC[C@H](C)[C@@H]([C@@H](CC(=O)N1CCC[C@H]1[C@H](OC)[C@@H](C)C(=O)NCCc1ccc(Cl)cc1)OC)N(C)C(=O)[C@H](NC(=O)[C@H](C(C)C)N(C)C)[C@H](C)N. The van der Waals surface area contributed by atoms with Gasteiger partial charge in [0.1, 0.15) is 6.04 Å². The number of nitrogens with one attached hydrogen (secondary N) is 2. The molecule has 4 amide bonds. The lowest BCUT2D eigenvalue weighted by atomic mass is 9.89. The Labute approximate surface area is 311 Å². The van der Waals surface area contributed by atoms with Gasteiger partial charge in [0.25, 0.3) is 0 Å². The number of hydrogen-bond acceptors (Lipinski definition) is 8.